The second-order valence-electron chi connectivity index (χ2n) is 9.29. The topological polar surface area (TPSA) is 63.7 Å². The second kappa shape index (κ2) is 11.8. The Bertz CT molecular complexity index is 1370. The molecule has 0 aliphatic carbocycles. The van der Waals surface area contributed by atoms with E-state index in [1.807, 2.05) is 38.1 Å². The standard InChI is InChI=1S/C28H25Cl2F3N2O3S/c1-17-18(2)35(13-12-34(17)23-5-3-4-22(29)15-23)27(37)20-8-11-26(24(30)14-20)39(38)16-25(36)19-6-9-21(10-7-19)28(31,32)33/h3-11,14-15,17-18H,12-13,16H2,1-2H3. The van der Waals surface area contributed by atoms with E-state index in [-0.39, 0.29) is 33.5 Å². The molecule has 1 fully saturated rings. The summed E-state index contributed by atoms with van der Waals surface area (Å²) in [6.45, 7) is 5.10. The van der Waals surface area contributed by atoms with Crippen LogP contribution in [0.25, 0.3) is 0 Å². The summed E-state index contributed by atoms with van der Waals surface area (Å²) in [5.74, 6) is -1.27. The van der Waals surface area contributed by atoms with E-state index in [0.717, 1.165) is 30.0 Å². The summed E-state index contributed by atoms with van der Waals surface area (Å²) < 4.78 is 51.2. The lowest BCUT2D eigenvalue weighted by molar-refractivity contribution is -0.137. The van der Waals surface area contributed by atoms with E-state index in [1.54, 1.807) is 4.90 Å². The second-order valence-corrected chi connectivity index (χ2v) is 11.5. The minimum Gasteiger partial charge on any atom is -0.611 e. The van der Waals surface area contributed by atoms with Crippen LogP contribution in [-0.2, 0) is 17.4 Å². The summed E-state index contributed by atoms with van der Waals surface area (Å²) in [6.07, 6.45) is -4.52. The number of rotatable bonds is 6. The third kappa shape index (κ3) is 6.54. The van der Waals surface area contributed by atoms with Gasteiger partial charge in [0.1, 0.15) is 0 Å². The zero-order valence-electron chi connectivity index (χ0n) is 21.0. The molecule has 0 N–H and O–H groups in total. The molecule has 0 bridgehead atoms. The molecule has 1 saturated heterocycles. The lowest BCUT2D eigenvalue weighted by Crippen LogP contribution is -2.59. The van der Waals surface area contributed by atoms with E-state index in [9.17, 15) is 27.3 Å². The van der Waals surface area contributed by atoms with Crippen molar-refractivity contribution in [3.63, 3.8) is 0 Å². The van der Waals surface area contributed by atoms with Crippen molar-refractivity contribution in [2.24, 2.45) is 0 Å². The van der Waals surface area contributed by atoms with Crippen molar-refractivity contribution in [2.45, 2.75) is 37.0 Å². The number of carbonyl (C=O) groups excluding carboxylic acids is 2. The maximum absolute atomic E-state index is 13.4. The van der Waals surface area contributed by atoms with Crippen LogP contribution in [0.3, 0.4) is 0 Å². The van der Waals surface area contributed by atoms with Crippen molar-refractivity contribution in [2.75, 3.05) is 23.7 Å². The highest BCUT2D eigenvalue weighted by Crippen LogP contribution is 2.31. The third-order valence-corrected chi connectivity index (χ3v) is 8.92. The van der Waals surface area contributed by atoms with Crippen molar-refractivity contribution in [1.29, 1.82) is 0 Å². The highest BCUT2D eigenvalue weighted by atomic mass is 35.5. The largest absolute Gasteiger partial charge is 0.611 e. The predicted octanol–water partition coefficient (Wildman–Crippen LogP) is 6.74. The van der Waals surface area contributed by atoms with Gasteiger partial charge in [-0.15, -0.1) is 0 Å². The normalized spacial score (nSPS) is 18.7. The number of hydrogen-bond donors (Lipinski definition) is 0. The molecule has 0 aromatic heterocycles. The Morgan fingerprint density at radius 2 is 1.62 bits per heavy atom. The molecule has 3 unspecified atom stereocenters. The van der Waals surface area contributed by atoms with E-state index < -0.39 is 34.5 Å². The summed E-state index contributed by atoms with van der Waals surface area (Å²) in [6, 6.07) is 15.6. The van der Waals surface area contributed by atoms with Gasteiger partial charge in [0.2, 0.25) is 5.78 Å². The van der Waals surface area contributed by atoms with Crippen molar-refractivity contribution in [1.82, 2.24) is 4.90 Å². The molecule has 1 heterocycles. The van der Waals surface area contributed by atoms with E-state index >= 15 is 0 Å². The molecule has 4 rings (SSSR count). The van der Waals surface area contributed by atoms with Gasteiger partial charge >= 0.3 is 6.18 Å². The van der Waals surface area contributed by atoms with Crippen LogP contribution in [0, 0.1) is 0 Å². The number of nitrogens with zero attached hydrogens (tertiary/aromatic N) is 2. The highest BCUT2D eigenvalue weighted by molar-refractivity contribution is 7.92. The summed E-state index contributed by atoms with van der Waals surface area (Å²) in [5, 5.41) is 0.705. The molecule has 3 aromatic carbocycles. The van der Waals surface area contributed by atoms with Crippen molar-refractivity contribution < 1.29 is 27.3 Å². The van der Waals surface area contributed by atoms with Crippen molar-refractivity contribution in [3.05, 3.63) is 93.5 Å². The predicted molar refractivity (Wildman–Crippen MR) is 147 cm³/mol. The molecule has 39 heavy (non-hydrogen) atoms. The Morgan fingerprint density at radius 1 is 0.949 bits per heavy atom. The average molecular weight is 597 g/mol. The van der Waals surface area contributed by atoms with Gasteiger partial charge in [0, 0.05) is 47.0 Å². The molecule has 11 heteroatoms. The van der Waals surface area contributed by atoms with Crippen LogP contribution in [0.2, 0.25) is 10.0 Å². The number of Topliss-reactive ketones (excluding diaryl/α,β-unsaturated/α-hetero) is 1. The summed E-state index contributed by atoms with van der Waals surface area (Å²) in [7, 11) is 0. The Kier molecular flexibility index (Phi) is 8.85. The monoisotopic (exact) mass is 596 g/mol. The first-order chi connectivity index (χ1) is 18.4. The smallest absolute Gasteiger partial charge is 0.416 e. The van der Waals surface area contributed by atoms with Crippen LogP contribution in [0.4, 0.5) is 18.9 Å². The van der Waals surface area contributed by atoms with Crippen LogP contribution in [0.1, 0.15) is 40.1 Å². The fourth-order valence-corrected chi connectivity index (χ4v) is 6.24. The van der Waals surface area contributed by atoms with Gasteiger partial charge in [0.15, 0.2) is 10.6 Å². The average Bonchev–Trinajstić information content (AvgIpc) is 2.89. The Labute approximate surface area is 237 Å². The Hall–Kier alpha value is -2.72. The zero-order chi connectivity index (χ0) is 28.5. The number of halogens is 5. The third-order valence-electron chi connectivity index (χ3n) is 6.88. The number of amides is 1. The highest BCUT2D eigenvalue weighted by Gasteiger charge is 2.35. The van der Waals surface area contributed by atoms with Crippen molar-refractivity contribution >= 4 is 51.8 Å². The molecule has 1 aliphatic heterocycles. The van der Waals surface area contributed by atoms with E-state index in [4.69, 9.17) is 23.2 Å². The summed E-state index contributed by atoms with van der Waals surface area (Å²) in [4.78, 5) is 30.0. The first-order valence-corrected chi connectivity index (χ1v) is 14.2. The van der Waals surface area contributed by atoms with Crippen LogP contribution in [-0.4, -0.2) is 52.1 Å². The van der Waals surface area contributed by atoms with Gasteiger partial charge in [-0.1, -0.05) is 41.4 Å². The number of alkyl halides is 3. The zero-order valence-corrected chi connectivity index (χ0v) is 23.4. The van der Waals surface area contributed by atoms with Crippen LogP contribution >= 0.6 is 23.2 Å². The molecular weight excluding hydrogens is 572 g/mol. The minimum absolute atomic E-state index is 0.0132. The van der Waals surface area contributed by atoms with E-state index in [2.05, 4.69) is 4.90 Å². The molecule has 1 amide bonds. The maximum Gasteiger partial charge on any atom is 0.416 e. The first kappa shape index (κ1) is 29.3. The summed E-state index contributed by atoms with van der Waals surface area (Å²) in [5.41, 5.74) is 0.442. The molecule has 0 saturated carbocycles. The minimum atomic E-state index is -4.52. The number of piperazine rings is 1. The van der Waals surface area contributed by atoms with Gasteiger partial charge < -0.3 is 14.4 Å². The van der Waals surface area contributed by atoms with Gasteiger partial charge in [-0.05, 0) is 73.6 Å². The molecule has 0 spiro atoms. The molecule has 1 aliphatic rings. The Morgan fingerprint density at radius 3 is 2.23 bits per heavy atom. The SMILES string of the molecule is CC1C(C)N(c2cccc(Cl)c2)CCN1C(=O)c1ccc([S+]([O-])CC(=O)c2ccc(C(F)(F)F)cc2)c(Cl)c1. The molecular formula is C28H25Cl2F3N2O3S. The number of ketones is 1. The molecule has 3 aromatic rings. The number of carbonyl (C=O) groups is 2. The van der Waals surface area contributed by atoms with E-state index in [1.165, 1.54) is 18.2 Å². The van der Waals surface area contributed by atoms with Gasteiger partial charge in [-0.2, -0.15) is 13.2 Å². The van der Waals surface area contributed by atoms with Gasteiger partial charge in [-0.25, -0.2) is 0 Å². The molecule has 0 radical (unpaired) electrons. The quantitative estimate of drug-likeness (QED) is 0.233. The Balaban J connectivity index is 1.43. The molecule has 5 nitrogen and oxygen atoms in total. The first-order valence-electron chi connectivity index (χ1n) is 12.1. The lowest BCUT2D eigenvalue weighted by atomic mass is 10.0. The fraction of sp³-hybridized carbons (Fsp3) is 0.286. The van der Waals surface area contributed by atoms with Crippen LogP contribution < -0.4 is 4.90 Å². The van der Waals surface area contributed by atoms with Crippen LogP contribution in [0.15, 0.2) is 71.6 Å². The number of benzene rings is 3. The maximum atomic E-state index is 13.4. The van der Waals surface area contributed by atoms with Crippen molar-refractivity contribution in [3.8, 4) is 0 Å². The molecule has 3 atom stereocenters. The van der Waals surface area contributed by atoms with Gasteiger partial charge in [0.25, 0.3) is 5.91 Å². The fourth-order valence-electron chi connectivity index (χ4n) is 4.56. The number of anilines is 1. The number of hydrogen-bond acceptors (Lipinski definition) is 4. The summed E-state index contributed by atoms with van der Waals surface area (Å²) >= 11 is 10.7. The van der Waals surface area contributed by atoms with Gasteiger partial charge in [-0.3, -0.25) is 9.59 Å². The van der Waals surface area contributed by atoms with E-state index in [0.29, 0.717) is 23.7 Å². The van der Waals surface area contributed by atoms with Crippen LogP contribution in [0.5, 0.6) is 0 Å². The van der Waals surface area contributed by atoms with Gasteiger partial charge in [0.05, 0.1) is 10.6 Å². The lowest BCUT2D eigenvalue weighted by Gasteiger charge is -2.46. The molecule has 206 valence electrons.